The molecule has 0 aliphatic carbocycles. The minimum Gasteiger partial charge on any atom is -0.423 e. The van der Waals surface area contributed by atoms with Crippen molar-refractivity contribution in [1.29, 1.82) is 0 Å². The van der Waals surface area contributed by atoms with E-state index in [1.165, 1.54) is 0 Å². The Balaban J connectivity index is 1.29. The quantitative estimate of drug-likeness (QED) is 0.531. The van der Waals surface area contributed by atoms with Crippen LogP contribution in [0, 0.1) is 11.6 Å². The van der Waals surface area contributed by atoms with Crippen molar-refractivity contribution in [2.75, 3.05) is 24.5 Å². The van der Waals surface area contributed by atoms with Gasteiger partial charge in [-0.1, -0.05) is 18.2 Å². The van der Waals surface area contributed by atoms with Crippen LogP contribution >= 0.6 is 0 Å². The molecule has 0 radical (unpaired) electrons. The summed E-state index contributed by atoms with van der Waals surface area (Å²) in [6, 6.07) is 10.7. The summed E-state index contributed by atoms with van der Waals surface area (Å²) in [5.41, 5.74) is 1.45. The van der Waals surface area contributed by atoms with Gasteiger partial charge in [-0.15, -0.1) is 0 Å². The maximum Gasteiger partial charge on any atom is 0.298 e. The molecule has 1 aliphatic heterocycles. The van der Waals surface area contributed by atoms with Crippen LogP contribution in [0.2, 0.25) is 0 Å². The molecule has 1 saturated heterocycles. The zero-order chi connectivity index (χ0) is 22.7. The lowest BCUT2D eigenvalue weighted by Crippen LogP contribution is -2.41. The van der Waals surface area contributed by atoms with Crippen molar-refractivity contribution >= 4 is 33.0 Å². The van der Waals surface area contributed by atoms with Crippen molar-refractivity contribution in [3.63, 3.8) is 0 Å². The lowest BCUT2D eigenvalue weighted by atomic mass is 10.2. The second-order valence-electron chi connectivity index (χ2n) is 7.46. The highest BCUT2D eigenvalue weighted by Crippen LogP contribution is 2.28. The molecule has 1 amide bonds. The van der Waals surface area contributed by atoms with Gasteiger partial charge in [-0.2, -0.15) is 4.98 Å². The summed E-state index contributed by atoms with van der Waals surface area (Å²) < 4.78 is 59.6. The predicted octanol–water partition coefficient (Wildman–Crippen LogP) is 2.56. The number of carbonyl (C=O) groups excluding carboxylic acids is 1. The Kier molecular flexibility index (Phi) is 6.38. The fraction of sp³-hybridized carbons (Fsp3) is 0.333. The third-order valence-electron chi connectivity index (χ3n) is 5.27. The van der Waals surface area contributed by atoms with E-state index in [9.17, 15) is 22.0 Å². The maximum atomic E-state index is 13.7. The molecule has 0 bridgehead atoms. The van der Waals surface area contributed by atoms with E-state index in [2.05, 4.69) is 15.0 Å². The van der Waals surface area contributed by atoms with Crippen LogP contribution in [-0.2, 0) is 14.8 Å². The third kappa shape index (κ3) is 4.73. The molecule has 1 atom stereocenters. The first kappa shape index (κ1) is 22.2. The molecule has 1 aromatic heterocycles. The summed E-state index contributed by atoms with van der Waals surface area (Å²) in [7, 11) is -4.41. The SMILES string of the molecule is O=C(CCNS(=O)(=O)c1c(F)cccc1F)NCC1CCCN1c1nc2ccccc2o1. The molecule has 32 heavy (non-hydrogen) atoms. The first-order valence-electron chi connectivity index (χ1n) is 10.2. The van der Waals surface area contributed by atoms with Crippen LogP contribution in [0.15, 0.2) is 51.8 Å². The van der Waals surface area contributed by atoms with Gasteiger partial charge in [-0.3, -0.25) is 4.79 Å². The fourth-order valence-electron chi connectivity index (χ4n) is 3.71. The first-order chi connectivity index (χ1) is 15.3. The average Bonchev–Trinajstić information content (AvgIpc) is 3.38. The molecule has 1 fully saturated rings. The summed E-state index contributed by atoms with van der Waals surface area (Å²) in [6.07, 6.45) is 1.59. The molecule has 1 aliphatic rings. The number of rotatable bonds is 8. The van der Waals surface area contributed by atoms with Crippen molar-refractivity contribution in [3.8, 4) is 0 Å². The first-order valence-corrected chi connectivity index (χ1v) is 11.7. The second-order valence-corrected chi connectivity index (χ2v) is 9.16. The van der Waals surface area contributed by atoms with Crippen LogP contribution in [0.5, 0.6) is 0 Å². The van der Waals surface area contributed by atoms with Crippen LogP contribution in [0.25, 0.3) is 11.1 Å². The number of carbonyl (C=O) groups is 1. The van der Waals surface area contributed by atoms with E-state index in [1.807, 2.05) is 29.2 Å². The van der Waals surface area contributed by atoms with Gasteiger partial charge in [0.15, 0.2) is 10.5 Å². The predicted molar refractivity (Wildman–Crippen MR) is 114 cm³/mol. The van der Waals surface area contributed by atoms with Crippen LogP contribution < -0.4 is 14.9 Å². The molecule has 3 aromatic rings. The Morgan fingerprint density at radius 3 is 2.66 bits per heavy atom. The van der Waals surface area contributed by atoms with Gasteiger partial charge in [0.2, 0.25) is 15.9 Å². The van der Waals surface area contributed by atoms with Crippen molar-refractivity contribution in [2.24, 2.45) is 0 Å². The Morgan fingerprint density at radius 2 is 1.91 bits per heavy atom. The summed E-state index contributed by atoms with van der Waals surface area (Å²) in [5, 5.41) is 2.77. The van der Waals surface area contributed by atoms with E-state index in [0.29, 0.717) is 18.1 Å². The van der Waals surface area contributed by atoms with E-state index in [4.69, 9.17) is 4.42 Å². The third-order valence-corrected chi connectivity index (χ3v) is 6.78. The molecular weight excluding hydrogens is 442 g/mol. The molecule has 11 heteroatoms. The van der Waals surface area contributed by atoms with Gasteiger partial charge < -0.3 is 14.6 Å². The molecule has 2 aromatic carbocycles. The van der Waals surface area contributed by atoms with E-state index < -0.39 is 26.6 Å². The number of fused-ring (bicyclic) bond motifs is 1. The monoisotopic (exact) mass is 464 g/mol. The van der Waals surface area contributed by atoms with Gasteiger partial charge in [0, 0.05) is 26.1 Å². The van der Waals surface area contributed by atoms with Gasteiger partial charge in [-0.25, -0.2) is 21.9 Å². The number of nitrogens with zero attached hydrogens (tertiary/aromatic N) is 2. The van der Waals surface area contributed by atoms with Gasteiger partial charge in [-0.05, 0) is 37.1 Å². The summed E-state index contributed by atoms with van der Waals surface area (Å²) >= 11 is 0. The van der Waals surface area contributed by atoms with Crippen molar-refractivity contribution in [2.45, 2.75) is 30.2 Å². The number of hydrogen-bond donors (Lipinski definition) is 2. The van der Waals surface area contributed by atoms with Crippen LogP contribution in [0.3, 0.4) is 0 Å². The van der Waals surface area contributed by atoms with Crippen LogP contribution in [0.4, 0.5) is 14.8 Å². The van der Waals surface area contributed by atoms with Gasteiger partial charge in [0.05, 0.1) is 6.04 Å². The smallest absolute Gasteiger partial charge is 0.298 e. The van der Waals surface area contributed by atoms with Gasteiger partial charge in [0.1, 0.15) is 17.2 Å². The second kappa shape index (κ2) is 9.21. The summed E-state index contributed by atoms with van der Waals surface area (Å²) in [5.74, 6) is -2.77. The maximum absolute atomic E-state index is 13.7. The number of anilines is 1. The largest absolute Gasteiger partial charge is 0.423 e. The number of amides is 1. The van der Waals surface area contributed by atoms with E-state index >= 15 is 0 Å². The Hall–Kier alpha value is -3.05. The van der Waals surface area contributed by atoms with Gasteiger partial charge >= 0.3 is 0 Å². The van der Waals surface area contributed by atoms with E-state index in [0.717, 1.165) is 43.1 Å². The number of nitrogens with one attached hydrogen (secondary N) is 2. The van der Waals surface area contributed by atoms with Crippen molar-refractivity contribution in [1.82, 2.24) is 15.0 Å². The highest BCUT2D eigenvalue weighted by atomic mass is 32.2. The topological polar surface area (TPSA) is 105 Å². The standard InChI is InChI=1S/C21H22F2N4O4S/c22-15-6-3-7-16(23)20(15)32(29,30)25-11-10-19(28)24-13-14-5-4-12-27(14)21-26-17-8-1-2-9-18(17)31-21/h1-3,6-9,14,25H,4-5,10-13H2,(H,24,28). The molecule has 170 valence electrons. The molecule has 0 spiro atoms. The van der Waals surface area contributed by atoms with E-state index in [1.54, 1.807) is 0 Å². The lowest BCUT2D eigenvalue weighted by Gasteiger charge is -2.23. The number of hydrogen-bond acceptors (Lipinski definition) is 6. The number of para-hydroxylation sites is 2. The number of sulfonamides is 1. The number of halogens is 2. The van der Waals surface area contributed by atoms with Gasteiger partial charge in [0.25, 0.3) is 6.01 Å². The number of oxazole rings is 1. The Morgan fingerprint density at radius 1 is 1.16 bits per heavy atom. The van der Waals surface area contributed by atoms with Crippen molar-refractivity contribution in [3.05, 3.63) is 54.1 Å². The van der Waals surface area contributed by atoms with Crippen LogP contribution in [0.1, 0.15) is 19.3 Å². The summed E-state index contributed by atoms with van der Waals surface area (Å²) in [6.45, 7) is 0.801. The zero-order valence-electron chi connectivity index (χ0n) is 17.1. The summed E-state index contributed by atoms with van der Waals surface area (Å²) in [4.78, 5) is 17.6. The van der Waals surface area contributed by atoms with E-state index in [-0.39, 0.29) is 24.9 Å². The number of aromatic nitrogens is 1. The minimum absolute atomic E-state index is 0.00351. The number of benzene rings is 2. The molecule has 2 N–H and O–H groups in total. The normalized spacial score (nSPS) is 16.6. The fourth-order valence-corrected chi connectivity index (χ4v) is 4.88. The molecular formula is C21H22F2N4O4S. The minimum atomic E-state index is -4.41. The molecule has 8 nitrogen and oxygen atoms in total. The zero-order valence-corrected chi connectivity index (χ0v) is 17.9. The molecule has 1 unspecified atom stereocenters. The van der Waals surface area contributed by atoms with Crippen LogP contribution in [-0.4, -0.2) is 45.0 Å². The molecule has 2 heterocycles. The molecule has 0 saturated carbocycles. The average molecular weight is 464 g/mol. The Labute approximate surface area is 183 Å². The van der Waals surface area contributed by atoms with Crippen molar-refractivity contribution < 1.29 is 26.4 Å². The highest BCUT2D eigenvalue weighted by Gasteiger charge is 2.29. The molecule has 4 rings (SSSR count). The lowest BCUT2D eigenvalue weighted by molar-refractivity contribution is -0.120. The Bertz CT molecular complexity index is 1180. The highest BCUT2D eigenvalue weighted by molar-refractivity contribution is 7.89.